The van der Waals surface area contributed by atoms with E-state index >= 15 is 0 Å². The molecule has 1 aromatic rings. The highest BCUT2D eigenvalue weighted by atomic mass is 32.1. The van der Waals surface area contributed by atoms with Crippen molar-refractivity contribution in [3.63, 3.8) is 0 Å². The Kier molecular flexibility index (Phi) is 3.25. The normalized spacial score (nSPS) is 22.2. The molecule has 5 nitrogen and oxygen atoms in total. The first kappa shape index (κ1) is 13.2. The van der Waals surface area contributed by atoms with Gasteiger partial charge in [-0.05, 0) is 37.3 Å². The number of hydrogen-bond acceptors (Lipinski definition) is 3. The first-order valence-electron chi connectivity index (χ1n) is 6.69. The summed E-state index contributed by atoms with van der Waals surface area (Å²) in [6.45, 7) is 5.02. The second-order valence-corrected chi connectivity index (χ2v) is 6.21. The molecule has 2 aliphatic heterocycles. The Morgan fingerprint density at radius 3 is 3.05 bits per heavy atom. The predicted octanol–water partition coefficient (Wildman–Crippen LogP) is 1.61. The molecule has 3 heterocycles. The van der Waals surface area contributed by atoms with Crippen molar-refractivity contribution in [3.8, 4) is 0 Å². The number of nitrogens with zero attached hydrogens (tertiary/aromatic N) is 1. The zero-order valence-corrected chi connectivity index (χ0v) is 12.3. The van der Waals surface area contributed by atoms with E-state index in [0.717, 1.165) is 13.0 Å². The third kappa shape index (κ3) is 2.20. The zero-order chi connectivity index (χ0) is 14.3. The Balaban J connectivity index is 1.83. The van der Waals surface area contributed by atoms with Crippen molar-refractivity contribution < 1.29 is 9.59 Å². The highest BCUT2D eigenvalue weighted by Crippen LogP contribution is 2.26. The Bertz CT molecular complexity index is 605. The number of fused-ring (bicyclic) bond motifs is 1. The number of carbonyl (C=O) groups excluding carboxylic acids is 2. The maximum atomic E-state index is 12.7. The molecule has 0 aliphatic carbocycles. The molecular formula is C14H17N3O2S. The number of hydrogen-bond donors (Lipinski definition) is 2. The van der Waals surface area contributed by atoms with E-state index in [4.69, 9.17) is 0 Å². The lowest BCUT2D eigenvalue weighted by molar-refractivity contribution is -0.128. The quantitative estimate of drug-likeness (QED) is 0.826. The van der Waals surface area contributed by atoms with Crippen LogP contribution in [-0.2, 0) is 17.8 Å². The summed E-state index contributed by atoms with van der Waals surface area (Å²) < 4.78 is 0. The van der Waals surface area contributed by atoms with Gasteiger partial charge >= 0.3 is 6.03 Å². The molecule has 0 fully saturated rings. The Hall–Kier alpha value is -1.82. The standard InChI is InChI=1S/C14H17N3O2S/c1-8-12(9(2)16-14(19)15-8)13(18)17-5-3-11-10(7-17)4-6-20-11/h4,6,8H,3,5,7H2,1-2H3,(H2,15,16,19)/t8-/m0/s1. The largest absolute Gasteiger partial charge is 0.334 e. The summed E-state index contributed by atoms with van der Waals surface area (Å²) in [4.78, 5) is 27.3. The van der Waals surface area contributed by atoms with Gasteiger partial charge in [0.15, 0.2) is 0 Å². The van der Waals surface area contributed by atoms with E-state index in [1.54, 1.807) is 18.3 Å². The molecule has 6 heteroatoms. The Labute approximate surface area is 121 Å². The molecule has 2 aliphatic rings. The van der Waals surface area contributed by atoms with Gasteiger partial charge in [0.25, 0.3) is 5.91 Å². The fraction of sp³-hybridized carbons (Fsp3) is 0.429. The van der Waals surface area contributed by atoms with Crippen LogP contribution >= 0.6 is 11.3 Å². The van der Waals surface area contributed by atoms with Crippen molar-refractivity contribution in [1.82, 2.24) is 15.5 Å². The van der Waals surface area contributed by atoms with E-state index in [2.05, 4.69) is 22.1 Å². The van der Waals surface area contributed by atoms with E-state index in [9.17, 15) is 9.59 Å². The van der Waals surface area contributed by atoms with Gasteiger partial charge in [-0.2, -0.15) is 0 Å². The Morgan fingerprint density at radius 1 is 1.50 bits per heavy atom. The lowest BCUT2D eigenvalue weighted by atomic mass is 10.0. The van der Waals surface area contributed by atoms with E-state index in [-0.39, 0.29) is 18.0 Å². The molecule has 0 saturated carbocycles. The highest BCUT2D eigenvalue weighted by molar-refractivity contribution is 7.10. The average Bonchev–Trinajstić information content (AvgIpc) is 2.84. The van der Waals surface area contributed by atoms with Crippen LogP contribution in [0.2, 0.25) is 0 Å². The second kappa shape index (κ2) is 4.94. The lowest BCUT2D eigenvalue weighted by Crippen LogP contribution is -2.51. The molecule has 3 amide bonds. The van der Waals surface area contributed by atoms with Crippen molar-refractivity contribution in [1.29, 1.82) is 0 Å². The number of nitrogens with one attached hydrogen (secondary N) is 2. The molecule has 1 aromatic heterocycles. The van der Waals surface area contributed by atoms with Crippen LogP contribution in [0, 0.1) is 0 Å². The van der Waals surface area contributed by atoms with Crippen LogP contribution in [0.1, 0.15) is 24.3 Å². The van der Waals surface area contributed by atoms with Gasteiger partial charge < -0.3 is 15.5 Å². The third-order valence-electron chi connectivity index (χ3n) is 3.81. The molecular weight excluding hydrogens is 274 g/mol. The molecule has 0 bridgehead atoms. The fourth-order valence-corrected chi connectivity index (χ4v) is 3.69. The molecule has 2 N–H and O–H groups in total. The summed E-state index contributed by atoms with van der Waals surface area (Å²) in [5.74, 6) is 0.0133. The molecule has 0 spiro atoms. The number of urea groups is 1. The summed E-state index contributed by atoms with van der Waals surface area (Å²) in [5, 5.41) is 7.50. The SMILES string of the molecule is CC1=C(C(=O)N2CCc3sccc3C2)[C@H](C)NC(=O)N1. The van der Waals surface area contributed by atoms with Crippen LogP contribution in [-0.4, -0.2) is 29.4 Å². The van der Waals surface area contributed by atoms with Gasteiger partial charge in [-0.15, -0.1) is 11.3 Å². The molecule has 0 aromatic carbocycles. The maximum Gasteiger partial charge on any atom is 0.319 e. The van der Waals surface area contributed by atoms with Crippen molar-refractivity contribution >= 4 is 23.3 Å². The fourth-order valence-electron chi connectivity index (χ4n) is 2.81. The molecule has 106 valence electrons. The Morgan fingerprint density at radius 2 is 2.30 bits per heavy atom. The van der Waals surface area contributed by atoms with Crippen molar-refractivity contribution in [2.75, 3.05) is 6.54 Å². The minimum Gasteiger partial charge on any atom is -0.334 e. The second-order valence-electron chi connectivity index (χ2n) is 5.20. The van der Waals surface area contributed by atoms with Crippen LogP contribution in [0.3, 0.4) is 0 Å². The topological polar surface area (TPSA) is 61.4 Å². The number of rotatable bonds is 1. The van der Waals surface area contributed by atoms with E-state index in [1.807, 2.05) is 11.8 Å². The van der Waals surface area contributed by atoms with Gasteiger partial charge in [0.1, 0.15) is 0 Å². The minimum absolute atomic E-state index is 0.0133. The van der Waals surface area contributed by atoms with Crippen molar-refractivity contribution in [2.45, 2.75) is 32.9 Å². The van der Waals surface area contributed by atoms with Gasteiger partial charge in [-0.3, -0.25) is 4.79 Å². The van der Waals surface area contributed by atoms with Crippen molar-refractivity contribution in [2.24, 2.45) is 0 Å². The predicted molar refractivity (Wildman–Crippen MR) is 77.3 cm³/mol. The molecule has 0 saturated heterocycles. The van der Waals surface area contributed by atoms with Crippen LogP contribution in [0.15, 0.2) is 22.7 Å². The first-order valence-corrected chi connectivity index (χ1v) is 7.57. The zero-order valence-electron chi connectivity index (χ0n) is 11.5. The highest BCUT2D eigenvalue weighted by Gasteiger charge is 2.31. The first-order chi connectivity index (χ1) is 9.56. The minimum atomic E-state index is -0.250. The number of allylic oxidation sites excluding steroid dienone is 1. The average molecular weight is 291 g/mol. The van der Waals surface area contributed by atoms with E-state index < -0.39 is 0 Å². The number of carbonyl (C=O) groups is 2. The van der Waals surface area contributed by atoms with Crippen LogP contribution in [0.5, 0.6) is 0 Å². The van der Waals surface area contributed by atoms with Gasteiger partial charge in [-0.1, -0.05) is 0 Å². The molecule has 20 heavy (non-hydrogen) atoms. The van der Waals surface area contributed by atoms with Crippen LogP contribution in [0.4, 0.5) is 4.79 Å². The van der Waals surface area contributed by atoms with E-state index in [0.29, 0.717) is 17.8 Å². The summed E-state index contributed by atoms with van der Waals surface area (Å²) in [7, 11) is 0. The molecule has 0 unspecified atom stereocenters. The lowest BCUT2D eigenvalue weighted by Gasteiger charge is -2.32. The van der Waals surface area contributed by atoms with E-state index in [1.165, 1.54) is 10.4 Å². The third-order valence-corrected chi connectivity index (χ3v) is 4.83. The summed E-state index contributed by atoms with van der Waals surface area (Å²) in [6.07, 6.45) is 0.916. The molecule has 3 rings (SSSR count). The summed E-state index contributed by atoms with van der Waals surface area (Å²) in [6, 6.07) is 1.59. The van der Waals surface area contributed by atoms with Gasteiger partial charge in [0.05, 0.1) is 11.6 Å². The monoisotopic (exact) mass is 291 g/mol. The van der Waals surface area contributed by atoms with Crippen LogP contribution in [0.25, 0.3) is 0 Å². The smallest absolute Gasteiger partial charge is 0.319 e. The number of thiophene rings is 1. The summed E-state index contributed by atoms with van der Waals surface area (Å²) >= 11 is 1.76. The van der Waals surface area contributed by atoms with Gasteiger partial charge in [-0.25, -0.2) is 4.79 Å². The van der Waals surface area contributed by atoms with Crippen molar-refractivity contribution in [3.05, 3.63) is 33.2 Å². The molecule has 0 radical (unpaired) electrons. The number of amides is 3. The van der Waals surface area contributed by atoms with Gasteiger partial charge in [0.2, 0.25) is 0 Å². The maximum absolute atomic E-state index is 12.7. The van der Waals surface area contributed by atoms with Gasteiger partial charge in [0, 0.05) is 23.7 Å². The summed E-state index contributed by atoms with van der Waals surface area (Å²) in [5.41, 5.74) is 2.55. The molecule has 1 atom stereocenters. The van der Waals surface area contributed by atoms with Crippen LogP contribution < -0.4 is 10.6 Å².